The number of benzene rings is 1. The molecular weight excluding hydrogens is 208 g/mol. The van der Waals surface area contributed by atoms with Crippen molar-refractivity contribution >= 4 is 11.6 Å². The third-order valence-electron chi connectivity index (χ3n) is 2.17. The van der Waals surface area contributed by atoms with Crippen molar-refractivity contribution in [2.45, 2.75) is 19.3 Å². The fourth-order valence-corrected chi connectivity index (χ4v) is 1.73. The van der Waals surface area contributed by atoms with Crippen LogP contribution in [0.5, 0.6) is 0 Å². The van der Waals surface area contributed by atoms with E-state index in [4.69, 9.17) is 17.3 Å². The number of rotatable bonds is 3. The zero-order valence-electron chi connectivity index (χ0n) is 7.86. The van der Waals surface area contributed by atoms with Gasteiger partial charge < -0.3 is 5.73 Å². The molecule has 1 nitrogen and oxygen atoms in total. The summed E-state index contributed by atoms with van der Waals surface area (Å²) in [5, 5.41) is -0.133. The second-order valence-electron chi connectivity index (χ2n) is 3.24. The highest BCUT2D eigenvalue weighted by atomic mass is 35.5. The Morgan fingerprint density at radius 3 is 2.50 bits per heavy atom. The lowest BCUT2D eigenvalue weighted by atomic mass is 9.97. The van der Waals surface area contributed by atoms with Crippen LogP contribution in [0.2, 0.25) is 5.02 Å². The number of nitrogens with two attached hydrogens (primary N) is 1. The lowest BCUT2D eigenvalue weighted by Gasteiger charge is -2.13. The van der Waals surface area contributed by atoms with Gasteiger partial charge in [0, 0.05) is 5.56 Å². The fraction of sp³-hybridized carbons (Fsp3) is 0.400. The van der Waals surface area contributed by atoms with E-state index in [1.807, 2.05) is 0 Å². The first-order valence-corrected chi connectivity index (χ1v) is 4.79. The van der Waals surface area contributed by atoms with E-state index in [9.17, 15) is 8.78 Å². The molecule has 1 atom stereocenters. The summed E-state index contributed by atoms with van der Waals surface area (Å²) in [6.45, 7) is 2.20. The molecule has 0 spiro atoms. The largest absolute Gasteiger partial charge is 0.330 e. The van der Waals surface area contributed by atoms with Crippen molar-refractivity contribution in [3.63, 3.8) is 0 Å². The van der Waals surface area contributed by atoms with E-state index in [1.54, 1.807) is 6.92 Å². The molecule has 0 radical (unpaired) electrons. The van der Waals surface area contributed by atoms with Crippen LogP contribution in [0.4, 0.5) is 8.78 Å². The van der Waals surface area contributed by atoms with Crippen molar-refractivity contribution in [2.75, 3.05) is 6.54 Å². The Labute approximate surface area is 86.9 Å². The highest BCUT2D eigenvalue weighted by Gasteiger charge is 2.17. The Kier molecular flexibility index (Phi) is 3.84. The Bertz CT molecular complexity index is 328. The molecule has 0 heterocycles. The quantitative estimate of drug-likeness (QED) is 0.777. The highest BCUT2D eigenvalue weighted by Crippen LogP contribution is 2.30. The summed E-state index contributed by atoms with van der Waals surface area (Å²) in [6, 6.07) is 2.11. The zero-order chi connectivity index (χ0) is 10.7. The van der Waals surface area contributed by atoms with Crippen LogP contribution in [-0.2, 0) is 0 Å². The average Bonchev–Trinajstić information content (AvgIpc) is 2.13. The molecule has 4 heteroatoms. The van der Waals surface area contributed by atoms with Crippen LogP contribution in [0.1, 0.15) is 24.8 Å². The second kappa shape index (κ2) is 4.71. The molecule has 0 aliphatic carbocycles. The van der Waals surface area contributed by atoms with Crippen LogP contribution in [0.25, 0.3) is 0 Å². The molecule has 0 saturated carbocycles. The minimum atomic E-state index is -0.591. The molecule has 1 unspecified atom stereocenters. The first-order valence-electron chi connectivity index (χ1n) is 4.41. The number of hydrogen-bond acceptors (Lipinski definition) is 1. The molecule has 1 aromatic carbocycles. The molecular formula is C10H12ClF2N. The van der Waals surface area contributed by atoms with E-state index in [1.165, 1.54) is 0 Å². The third kappa shape index (κ3) is 2.22. The minimum absolute atomic E-state index is 0.133. The number of halogens is 3. The molecule has 0 fully saturated rings. The van der Waals surface area contributed by atoms with Crippen molar-refractivity contribution in [3.05, 3.63) is 34.4 Å². The van der Waals surface area contributed by atoms with Gasteiger partial charge in [-0.3, -0.25) is 0 Å². The van der Waals surface area contributed by atoms with E-state index in [0.717, 1.165) is 12.1 Å². The van der Waals surface area contributed by atoms with Crippen LogP contribution >= 0.6 is 11.6 Å². The molecule has 78 valence electrons. The first-order chi connectivity index (χ1) is 6.57. The summed E-state index contributed by atoms with van der Waals surface area (Å²) in [7, 11) is 0. The van der Waals surface area contributed by atoms with Crippen LogP contribution < -0.4 is 5.73 Å². The smallest absolute Gasteiger partial charge is 0.142 e. The van der Waals surface area contributed by atoms with Crippen LogP contribution in [0.15, 0.2) is 12.1 Å². The standard InChI is InChI=1S/C10H12ClF2N/c1-6(4-5-14)9-7(12)2-3-8(13)10(9)11/h2-3,6H,4-5,14H2,1H3. The van der Waals surface area contributed by atoms with Crippen LogP contribution in [0.3, 0.4) is 0 Å². The maximum Gasteiger partial charge on any atom is 0.142 e. The highest BCUT2D eigenvalue weighted by molar-refractivity contribution is 6.31. The van der Waals surface area contributed by atoms with E-state index in [-0.39, 0.29) is 16.5 Å². The zero-order valence-corrected chi connectivity index (χ0v) is 8.61. The average molecular weight is 220 g/mol. The minimum Gasteiger partial charge on any atom is -0.330 e. The van der Waals surface area contributed by atoms with Crippen molar-refractivity contribution < 1.29 is 8.78 Å². The summed E-state index contributed by atoms with van der Waals surface area (Å²) >= 11 is 5.67. The third-order valence-corrected chi connectivity index (χ3v) is 2.56. The molecule has 1 aromatic rings. The van der Waals surface area contributed by atoms with Crippen LogP contribution in [0, 0.1) is 11.6 Å². The number of hydrogen-bond donors (Lipinski definition) is 1. The SMILES string of the molecule is CC(CCN)c1c(F)ccc(F)c1Cl. The Balaban J connectivity index is 3.11. The van der Waals surface area contributed by atoms with E-state index in [0.29, 0.717) is 13.0 Å². The van der Waals surface area contributed by atoms with Gasteiger partial charge in [0.2, 0.25) is 0 Å². The molecule has 14 heavy (non-hydrogen) atoms. The second-order valence-corrected chi connectivity index (χ2v) is 3.61. The molecule has 0 bridgehead atoms. The Morgan fingerprint density at radius 1 is 1.36 bits per heavy atom. The normalized spacial score (nSPS) is 12.9. The van der Waals surface area contributed by atoms with E-state index < -0.39 is 11.6 Å². The van der Waals surface area contributed by atoms with E-state index >= 15 is 0 Å². The van der Waals surface area contributed by atoms with Gasteiger partial charge >= 0.3 is 0 Å². The summed E-state index contributed by atoms with van der Waals surface area (Å²) in [4.78, 5) is 0. The molecule has 0 saturated heterocycles. The molecule has 0 aliphatic rings. The van der Waals surface area contributed by atoms with Gasteiger partial charge in [0.05, 0.1) is 5.02 Å². The summed E-state index contributed by atoms with van der Waals surface area (Å²) < 4.78 is 26.3. The van der Waals surface area contributed by atoms with Gasteiger partial charge in [-0.25, -0.2) is 8.78 Å². The van der Waals surface area contributed by atoms with Gasteiger partial charge in [-0.1, -0.05) is 18.5 Å². The lowest BCUT2D eigenvalue weighted by molar-refractivity contribution is 0.559. The molecule has 0 amide bonds. The van der Waals surface area contributed by atoms with Crippen molar-refractivity contribution in [2.24, 2.45) is 5.73 Å². The van der Waals surface area contributed by atoms with Crippen molar-refractivity contribution in [3.8, 4) is 0 Å². The predicted molar refractivity (Wildman–Crippen MR) is 53.5 cm³/mol. The van der Waals surface area contributed by atoms with E-state index in [2.05, 4.69) is 0 Å². The van der Waals surface area contributed by atoms with Crippen LogP contribution in [-0.4, -0.2) is 6.54 Å². The molecule has 0 aliphatic heterocycles. The topological polar surface area (TPSA) is 26.0 Å². The van der Waals surface area contributed by atoms with Crippen molar-refractivity contribution in [1.82, 2.24) is 0 Å². The monoisotopic (exact) mass is 219 g/mol. The van der Waals surface area contributed by atoms with Gasteiger partial charge in [0.1, 0.15) is 11.6 Å². The summed E-state index contributed by atoms with van der Waals surface area (Å²) in [5.41, 5.74) is 5.57. The maximum absolute atomic E-state index is 13.3. The Morgan fingerprint density at radius 2 is 1.93 bits per heavy atom. The molecule has 2 N–H and O–H groups in total. The van der Waals surface area contributed by atoms with Gasteiger partial charge in [-0.2, -0.15) is 0 Å². The lowest BCUT2D eigenvalue weighted by Crippen LogP contribution is -2.07. The van der Waals surface area contributed by atoms with Gasteiger partial charge in [-0.15, -0.1) is 0 Å². The van der Waals surface area contributed by atoms with Gasteiger partial charge in [0.25, 0.3) is 0 Å². The molecule has 0 aromatic heterocycles. The van der Waals surface area contributed by atoms with Gasteiger partial charge in [-0.05, 0) is 31.0 Å². The summed E-state index contributed by atoms with van der Waals surface area (Å²) in [6.07, 6.45) is 0.583. The molecule has 1 rings (SSSR count). The Hall–Kier alpha value is -0.670. The fourth-order valence-electron chi connectivity index (χ4n) is 1.39. The van der Waals surface area contributed by atoms with Gasteiger partial charge in [0.15, 0.2) is 0 Å². The summed E-state index contributed by atoms with van der Waals surface area (Å²) in [5.74, 6) is -1.23. The predicted octanol–water partition coefficient (Wildman–Crippen LogP) is 3.07. The first kappa shape index (κ1) is 11.4. The maximum atomic E-state index is 13.3. The van der Waals surface area contributed by atoms with Crippen molar-refractivity contribution in [1.29, 1.82) is 0 Å².